The lowest BCUT2D eigenvalue weighted by Crippen LogP contribution is -2.45. The minimum absolute atomic E-state index is 0.106. The van der Waals surface area contributed by atoms with Gasteiger partial charge < -0.3 is 10.1 Å². The Bertz CT molecular complexity index is 398. The predicted molar refractivity (Wildman–Crippen MR) is 75.9 cm³/mol. The van der Waals surface area contributed by atoms with Gasteiger partial charge in [-0.15, -0.1) is 0 Å². The predicted octanol–water partition coefficient (Wildman–Crippen LogP) is 2.55. The summed E-state index contributed by atoms with van der Waals surface area (Å²) in [6, 6.07) is 9.86. The number of carbonyl (C=O) groups excluding carboxylic acids is 1. The number of nitrogens with one attached hydrogen (secondary N) is 1. The number of benzene rings is 1. The summed E-state index contributed by atoms with van der Waals surface area (Å²) in [5.74, 6) is 0.106. The molecule has 1 fully saturated rings. The van der Waals surface area contributed by atoms with E-state index < -0.39 is 0 Å². The van der Waals surface area contributed by atoms with Gasteiger partial charge in [0.2, 0.25) is 5.91 Å². The minimum Gasteiger partial charge on any atom is -0.381 e. The average molecular weight is 261 g/mol. The molecule has 3 heteroatoms. The van der Waals surface area contributed by atoms with Crippen LogP contribution < -0.4 is 5.32 Å². The summed E-state index contributed by atoms with van der Waals surface area (Å²) in [5.41, 5.74) is 1.26. The van der Waals surface area contributed by atoms with Gasteiger partial charge in [0, 0.05) is 18.6 Å². The quantitative estimate of drug-likeness (QED) is 0.819. The van der Waals surface area contributed by atoms with Crippen LogP contribution in [0.3, 0.4) is 0 Å². The third-order valence-electron chi connectivity index (χ3n) is 3.89. The van der Waals surface area contributed by atoms with E-state index in [9.17, 15) is 4.79 Å². The highest BCUT2D eigenvalue weighted by Crippen LogP contribution is 2.40. The van der Waals surface area contributed by atoms with Gasteiger partial charge in [0.25, 0.3) is 0 Å². The lowest BCUT2D eigenvalue weighted by Gasteiger charge is -2.41. The van der Waals surface area contributed by atoms with Crippen molar-refractivity contribution >= 4 is 5.91 Å². The van der Waals surface area contributed by atoms with Crippen molar-refractivity contribution in [1.82, 2.24) is 5.32 Å². The normalized spacial score (nSPS) is 16.7. The molecule has 104 valence electrons. The standard InChI is InChI=1S/C16H23NO2/c1-2-19-13-16(9-6-10-16)12-17-15(18)11-14-7-4-3-5-8-14/h3-5,7-8H,2,6,9-13H2,1H3,(H,17,18). The number of hydrogen-bond acceptors (Lipinski definition) is 2. The molecule has 3 nitrogen and oxygen atoms in total. The highest BCUT2D eigenvalue weighted by Gasteiger charge is 2.37. The van der Waals surface area contributed by atoms with E-state index in [0.717, 1.165) is 25.3 Å². The van der Waals surface area contributed by atoms with Crippen LogP contribution in [0, 0.1) is 5.41 Å². The lowest BCUT2D eigenvalue weighted by molar-refractivity contribution is -0.121. The molecule has 0 aliphatic heterocycles. The van der Waals surface area contributed by atoms with Crippen LogP contribution in [0.15, 0.2) is 30.3 Å². The fourth-order valence-electron chi connectivity index (χ4n) is 2.50. The van der Waals surface area contributed by atoms with Crippen LogP contribution in [0.25, 0.3) is 0 Å². The Labute approximate surface area is 115 Å². The molecule has 0 atom stereocenters. The van der Waals surface area contributed by atoms with Crippen molar-refractivity contribution in [2.24, 2.45) is 5.41 Å². The number of ether oxygens (including phenoxy) is 1. The van der Waals surface area contributed by atoms with E-state index in [0.29, 0.717) is 6.42 Å². The molecule has 0 radical (unpaired) electrons. The van der Waals surface area contributed by atoms with Gasteiger partial charge in [-0.05, 0) is 25.3 Å². The summed E-state index contributed by atoms with van der Waals surface area (Å²) >= 11 is 0. The van der Waals surface area contributed by atoms with Crippen molar-refractivity contribution < 1.29 is 9.53 Å². The molecule has 0 aromatic heterocycles. The van der Waals surface area contributed by atoms with E-state index in [1.807, 2.05) is 37.3 Å². The van der Waals surface area contributed by atoms with Gasteiger partial charge in [-0.3, -0.25) is 4.79 Å². The molecule has 0 spiro atoms. The summed E-state index contributed by atoms with van der Waals surface area (Å²) in [5, 5.41) is 3.06. The van der Waals surface area contributed by atoms with E-state index >= 15 is 0 Å². The van der Waals surface area contributed by atoms with Gasteiger partial charge in [0.05, 0.1) is 13.0 Å². The van der Waals surface area contributed by atoms with Gasteiger partial charge in [-0.1, -0.05) is 36.8 Å². The summed E-state index contributed by atoms with van der Waals surface area (Å²) in [6.45, 7) is 4.29. The minimum atomic E-state index is 0.106. The van der Waals surface area contributed by atoms with Gasteiger partial charge in [-0.25, -0.2) is 0 Å². The van der Waals surface area contributed by atoms with E-state index in [1.165, 1.54) is 19.3 Å². The van der Waals surface area contributed by atoms with Crippen molar-refractivity contribution in [3.63, 3.8) is 0 Å². The largest absolute Gasteiger partial charge is 0.381 e. The molecule has 0 heterocycles. The van der Waals surface area contributed by atoms with Crippen LogP contribution in [-0.4, -0.2) is 25.7 Å². The highest BCUT2D eigenvalue weighted by atomic mass is 16.5. The molecule has 1 amide bonds. The van der Waals surface area contributed by atoms with E-state index in [1.54, 1.807) is 0 Å². The van der Waals surface area contributed by atoms with Crippen LogP contribution in [0.4, 0.5) is 0 Å². The van der Waals surface area contributed by atoms with Crippen molar-refractivity contribution in [1.29, 1.82) is 0 Å². The van der Waals surface area contributed by atoms with Gasteiger partial charge in [0.15, 0.2) is 0 Å². The maximum absolute atomic E-state index is 11.9. The first-order valence-corrected chi connectivity index (χ1v) is 7.12. The van der Waals surface area contributed by atoms with E-state index in [4.69, 9.17) is 4.74 Å². The van der Waals surface area contributed by atoms with Gasteiger partial charge >= 0.3 is 0 Å². The zero-order valence-corrected chi connectivity index (χ0v) is 11.7. The maximum Gasteiger partial charge on any atom is 0.224 e. The topological polar surface area (TPSA) is 38.3 Å². The van der Waals surface area contributed by atoms with Gasteiger partial charge in [0.1, 0.15) is 0 Å². The third kappa shape index (κ3) is 4.06. The fourth-order valence-corrected chi connectivity index (χ4v) is 2.50. The summed E-state index contributed by atoms with van der Waals surface area (Å²) in [6.07, 6.45) is 4.05. The van der Waals surface area contributed by atoms with E-state index in [-0.39, 0.29) is 11.3 Å². The number of carbonyl (C=O) groups is 1. The fraction of sp³-hybridized carbons (Fsp3) is 0.562. The third-order valence-corrected chi connectivity index (χ3v) is 3.89. The molecule has 1 N–H and O–H groups in total. The van der Waals surface area contributed by atoms with Crippen molar-refractivity contribution in [2.75, 3.05) is 19.8 Å². The Balaban J connectivity index is 1.76. The second-order valence-electron chi connectivity index (χ2n) is 5.43. The Morgan fingerprint density at radius 1 is 1.32 bits per heavy atom. The zero-order chi connectivity index (χ0) is 13.6. The van der Waals surface area contributed by atoms with Crippen molar-refractivity contribution in [3.05, 3.63) is 35.9 Å². The van der Waals surface area contributed by atoms with Crippen LogP contribution >= 0.6 is 0 Å². The van der Waals surface area contributed by atoms with Crippen molar-refractivity contribution in [2.45, 2.75) is 32.6 Å². The van der Waals surface area contributed by atoms with Gasteiger partial charge in [-0.2, -0.15) is 0 Å². The molecule has 0 saturated heterocycles. The van der Waals surface area contributed by atoms with Crippen molar-refractivity contribution in [3.8, 4) is 0 Å². The smallest absolute Gasteiger partial charge is 0.224 e. The molecule has 2 rings (SSSR count). The number of amides is 1. The second-order valence-corrected chi connectivity index (χ2v) is 5.43. The number of hydrogen-bond donors (Lipinski definition) is 1. The highest BCUT2D eigenvalue weighted by molar-refractivity contribution is 5.78. The maximum atomic E-state index is 11.9. The SMILES string of the molecule is CCOCC1(CNC(=O)Cc2ccccc2)CCC1. The molecule has 1 aromatic carbocycles. The Morgan fingerprint density at radius 2 is 2.05 bits per heavy atom. The van der Waals surface area contributed by atoms with Crippen LogP contribution in [0.1, 0.15) is 31.7 Å². The Hall–Kier alpha value is -1.35. The molecule has 0 bridgehead atoms. The van der Waals surface area contributed by atoms with Crippen LogP contribution in [0.2, 0.25) is 0 Å². The molecule has 1 saturated carbocycles. The molecule has 0 unspecified atom stereocenters. The zero-order valence-electron chi connectivity index (χ0n) is 11.7. The molecular formula is C16H23NO2. The molecule has 19 heavy (non-hydrogen) atoms. The molecule has 1 aliphatic rings. The summed E-state index contributed by atoms with van der Waals surface area (Å²) < 4.78 is 5.54. The lowest BCUT2D eigenvalue weighted by atomic mass is 9.69. The Morgan fingerprint density at radius 3 is 2.63 bits per heavy atom. The molecular weight excluding hydrogens is 238 g/mol. The first kappa shape index (κ1) is 14.1. The first-order chi connectivity index (χ1) is 9.24. The van der Waals surface area contributed by atoms with E-state index in [2.05, 4.69) is 5.32 Å². The van der Waals surface area contributed by atoms with Crippen LogP contribution in [0.5, 0.6) is 0 Å². The first-order valence-electron chi connectivity index (χ1n) is 7.12. The number of rotatable bonds is 7. The monoisotopic (exact) mass is 261 g/mol. The average Bonchev–Trinajstić information content (AvgIpc) is 2.38. The molecule has 1 aliphatic carbocycles. The summed E-state index contributed by atoms with van der Waals surface area (Å²) in [7, 11) is 0. The van der Waals surface area contributed by atoms with Crippen LogP contribution in [-0.2, 0) is 16.0 Å². The summed E-state index contributed by atoms with van der Waals surface area (Å²) in [4.78, 5) is 11.9. The molecule has 1 aromatic rings. The Kier molecular flexibility index (Phi) is 4.97. The second kappa shape index (κ2) is 6.71.